The van der Waals surface area contributed by atoms with Crippen LogP contribution < -0.4 is 20.3 Å². The fraction of sp³-hybridized carbons (Fsp3) is 0.600. The van der Waals surface area contributed by atoms with Crippen molar-refractivity contribution >= 4 is 28.2 Å². The minimum Gasteiger partial charge on any atom is -0.486 e. The summed E-state index contributed by atoms with van der Waals surface area (Å²) in [5.41, 5.74) is 1.33. The van der Waals surface area contributed by atoms with Crippen LogP contribution in [0.1, 0.15) is 32.3 Å². The standard InChI is InChI=1S/C25H39N5O3S/c1-5-29(6-2)11-8-12-30(25(34)26-9-7-10-28(3)4)18-20-15-19-16-22-23(33-14-13-32-22)17-21(19)27-24(20)31/h15-17H,5-14,18H2,1-4H3,(H,26,34)(H,27,31). The lowest BCUT2D eigenvalue weighted by Gasteiger charge is -2.27. The molecule has 188 valence electrons. The summed E-state index contributed by atoms with van der Waals surface area (Å²) in [5.74, 6) is 1.38. The molecule has 9 heteroatoms. The molecule has 2 aromatic rings. The summed E-state index contributed by atoms with van der Waals surface area (Å²) >= 11 is 5.75. The van der Waals surface area contributed by atoms with Crippen LogP contribution in [0.3, 0.4) is 0 Å². The molecule has 0 bridgehead atoms. The number of hydrogen-bond acceptors (Lipinski definition) is 6. The monoisotopic (exact) mass is 489 g/mol. The van der Waals surface area contributed by atoms with E-state index in [4.69, 9.17) is 21.7 Å². The van der Waals surface area contributed by atoms with E-state index in [1.165, 1.54) is 0 Å². The number of fused-ring (bicyclic) bond motifs is 2. The quantitative estimate of drug-likeness (QED) is 0.348. The van der Waals surface area contributed by atoms with Gasteiger partial charge in [0.25, 0.3) is 5.56 Å². The van der Waals surface area contributed by atoms with Gasteiger partial charge in [0.1, 0.15) is 13.2 Å². The molecule has 0 atom stereocenters. The molecule has 0 amide bonds. The summed E-state index contributed by atoms with van der Waals surface area (Å²) in [4.78, 5) is 22.6. The zero-order valence-electron chi connectivity index (χ0n) is 21.0. The van der Waals surface area contributed by atoms with Crippen LogP contribution in [0.15, 0.2) is 23.0 Å². The molecule has 8 nitrogen and oxygen atoms in total. The zero-order valence-corrected chi connectivity index (χ0v) is 21.8. The topological polar surface area (TPSA) is 73.1 Å². The van der Waals surface area contributed by atoms with Crippen molar-refractivity contribution in [1.82, 2.24) is 25.0 Å². The third-order valence-corrected chi connectivity index (χ3v) is 6.49. The number of pyridine rings is 1. The number of hydrogen-bond donors (Lipinski definition) is 2. The highest BCUT2D eigenvalue weighted by Crippen LogP contribution is 2.33. The van der Waals surface area contributed by atoms with E-state index >= 15 is 0 Å². The average Bonchev–Trinajstić information content (AvgIpc) is 2.82. The Morgan fingerprint density at radius 1 is 1.03 bits per heavy atom. The Labute approximate surface area is 208 Å². The van der Waals surface area contributed by atoms with E-state index in [9.17, 15) is 4.79 Å². The van der Waals surface area contributed by atoms with Crippen LogP contribution in [0.5, 0.6) is 11.5 Å². The molecule has 3 rings (SSSR count). The number of ether oxygens (including phenoxy) is 2. The van der Waals surface area contributed by atoms with Crippen LogP contribution in [0.25, 0.3) is 10.9 Å². The lowest BCUT2D eigenvalue weighted by molar-refractivity contribution is 0.172. The lowest BCUT2D eigenvalue weighted by Crippen LogP contribution is -2.42. The molecule has 1 aliphatic heterocycles. The van der Waals surface area contributed by atoms with Gasteiger partial charge in [0, 0.05) is 30.1 Å². The van der Waals surface area contributed by atoms with Gasteiger partial charge in [-0.25, -0.2) is 0 Å². The molecule has 2 N–H and O–H groups in total. The van der Waals surface area contributed by atoms with E-state index < -0.39 is 0 Å². The van der Waals surface area contributed by atoms with Crippen molar-refractivity contribution in [3.8, 4) is 11.5 Å². The Bertz CT molecular complexity index is 1010. The van der Waals surface area contributed by atoms with Crippen molar-refractivity contribution in [2.75, 3.05) is 66.6 Å². The van der Waals surface area contributed by atoms with Crippen molar-refractivity contribution in [2.45, 2.75) is 33.2 Å². The first kappa shape index (κ1) is 26.2. The summed E-state index contributed by atoms with van der Waals surface area (Å²) in [7, 11) is 4.14. The highest BCUT2D eigenvalue weighted by Gasteiger charge is 2.17. The summed E-state index contributed by atoms with van der Waals surface area (Å²) < 4.78 is 11.4. The number of rotatable bonds is 12. The highest BCUT2D eigenvalue weighted by atomic mass is 32.1. The van der Waals surface area contributed by atoms with Crippen molar-refractivity contribution < 1.29 is 9.47 Å². The van der Waals surface area contributed by atoms with Crippen molar-refractivity contribution in [2.24, 2.45) is 0 Å². The van der Waals surface area contributed by atoms with Crippen molar-refractivity contribution in [3.05, 3.63) is 34.1 Å². The summed E-state index contributed by atoms with van der Waals surface area (Å²) in [6.07, 6.45) is 1.98. The maximum atomic E-state index is 12.9. The lowest BCUT2D eigenvalue weighted by atomic mass is 10.1. The third kappa shape index (κ3) is 7.32. The Morgan fingerprint density at radius 3 is 2.41 bits per heavy atom. The van der Waals surface area contributed by atoms with Crippen LogP contribution in [0.2, 0.25) is 0 Å². The second-order valence-corrected chi connectivity index (χ2v) is 9.28. The highest BCUT2D eigenvalue weighted by molar-refractivity contribution is 7.80. The van der Waals surface area contributed by atoms with Gasteiger partial charge in [0.2, 0.25) is 0 Å². The van der Waals surface area contributed by atoms with Gasteiger partial charge in [-0.15, -0.1) is 0 Å². The second-order valence-electron chi connectivity index (χ2n) is 8.90. The normalized spacial score (nSPS) is 13.0. The van der Waals surface area contributed by atoms with Crippen LogP contribution in [0, 0.1) is 0 Å². The average molecular weight is 490 g/mol. The van der Waals surface area contributed by atoms with Gasteiger partial charge in [0.05, 0.1) is 12.1 Å². The van der Waals surface area contributed by atoms with Gasteiger partial charge in [-0.2, -0.15) is 0 Å². The summed E-state index contributed by atoms with van der Waals surface area (Å²) in [6, 6.07) is 5.72. The molecule has 0 unspecified atom stereocenters. The van der Waals surface area contributed by atoms with E-state index in [2.05, 4.69) is 52.9 Å². The van der Waals surface area contributed by atoms with Gasteiger partial charge >= 0.3 is 0 Å². The molecule has 1 aliphatic rings. The van der Waals surface area contributed by atoms with Crippen LogP contribution >= 0.6 is 12.2 Å². The Hall–Kier alpha value is -2.36. The van der Waals surface area contributed by atoms with Gasteiger partial charge in [0.15, 0.2) is 16.6 Å². The molecule has 1 aromatic carbocycles. The first-order valence-corrected chi connectivity index (χ1v) is 12.7. The van der Waals surface area contributed by atoms with Crippen LogP contribution in [0.4, 0.5) is 0 Å². The predicted molar refractivity (Wildman–Crippen MR) is 142 cm³/mol. The third-order valence-electron chi connectivity index (χ3n) is 6.09. The molecule has 2 heterocycles. The first-order valence-electron chi connectivity index (χ1n) is 12.3. The Balaban J connectivity index is 1.75. The molecule has 0 radical (unpaired) electrons. The minimum atomic E-state index is -0.103. The molecule has 1 aromatic heterocycles. The Morgan fingerprint density at radius 2 is 1.74 bits per heavy atom. The maximum absolute atomic E-state index is 12.9. The molecular weight excluding hydrogens is 450 g/mol. The van der Waals surface area contributed by atoms with Gasteiger partial charge in [-0.1, -0.05) is 13.8 Å². The van der Waals surface area contributed by atoms with Gasteiger partial charge < -0.3 is 34.5 Å². The number of aromatic amines is 1. The minimum absolute atomic E-state index is 0.103. The van der Waals surface area contributed by atoms with E-state index in [0.717, 1.165) is 63.0 Å². The molecule has 0 fully saturated rings. The van der Waals surface area contributed by atoms with Crippen molar-refractivity contribution in [1.29, 1.82) is 0 Å². The number of aromatic nitrogens is 1. The smallest absolute Gasteiger partial charge is 0.253 e. The molecule has 34 heavy (non-hydrogen) atoms. The fourth-order valence-electron chi connectivity index (χ4n) is 4.09. The molecular formula is C25H39N5O3S. The van der Waals surface area contributed by atoms with E-state index in [1.807, 2.05) is 18.2 Å². The van der Waals surface area contributed by atoms with Crippen LogP contribution in [-0.2, 0) is 6.54 Å². The number of thiocarbonyl (C=S) groups is 1. The number of benzene rings is 1. The first-order chi connectivity index (χ1) is 16.4. The van der Waals surface area contributed by atoms with E-state index in [1.54, 1.807) is 0 Å². The maximum Gasteiger partial charge on any atom is 0.253 e. The Kier molecular flexibility index (Phi) is 9.98. The number of nitrogens with zero attached hydrogens (tertiary/aromatic N) is 3. The molecule has 0 spiro atoms. The van der Waals surface area contributed by atoms with Gasteiger partial charge in [-0.05, 0) is 77.5 Å². The van der Waals surface area contributed by atoms with Crippen molar-refractivity contribution in [3.63, 3.8) is 0 Å². The number of nitrogens with one attached hydrogen (secondary N) is 2. The SMILES string of the molecule is CCN(CC)CCCN(Cc1cc2cc3c(cc2[nH]c1=O)OCCO3)C(=S)NCCCN(C)C. The summed E-state index contributed by atoms with van der Waals surface area (Å²) in [6.45, 7) is 11.5. The fourth-order valence-corrected chi connectivity index (χ4v) is 4.35. The van der Waals surface area contributed by atoms with E-state index in [-0.39, 0.29) is 5.56 Å². The largest absolute Gasteiger partial charge is 0.486 e. The number of H-pyrrole nitrogens is 1. The van der Waals surface area contributed by atoms with Gasteiger partial charge in [-0.3, -0.25) is 4.79 Å². The van der Waals surface area contributed by atoms with Crippen LogP contribution in [-0.4, -0.2) is 91.4 Å². The zero-order chi connectivity index (χ0) is 24.5. The molecule has 0 saturated heterocycles. The summed E-state index contributed by atoms with van der Waals surface area (Å²) in [5, 5.41) is 5.01. The molecule has 0 aliphatic carbocycles. The van der Waals surface area contributed by atoms with E-state index in [0.29, 0.717) is 41.9 Å². The predicted octanol–water partition coefficient (Wildman–Crippen LogP) is 2.66. The molecule has 0 saturated carbocycles. The second kappa shape index (κ2) is 12.9.